The normalized spacial score (nSPS) is 20.8. The SMILES string of the molecule is CCCCC/C=C/C/C=C/C/C=C/CCCCC(=O)OC[C@H](CO[C@H]1O[C@H](CS(=O)(=O)O)[C@@H](O)C(O)C1O)OC(=O)CCC/C=C/C/C=C/C/C=C/CCCCCCCC. The number of allylic oxidation sites excluding steroid dienone is 12. The molecule has 6 atom stereocenters. The summed E-state index contributed by atoms with van der Waals surface area (Å²) in [4.78, 5) is 25.4. The van der Waals surface area contributed by atoms with Crippen LogP contribution in [0, 0.1) is 0 Å². The van der Waals surface area contributed by atoms with Gasteiger partial charge in [0.2, 0.25) is 0 Å². The fourth-order valence-corrected chi connectivity index (χ4v) is 6.92. The third-order valence-corrected chi connectivity index (χ3v) is 10.5. The van der Waals surface area contributed by atoms with E-state index in [-0.39, 0.29) is 19.4 Å². The van der Waals surface area contributed by atoms with Gasteiger partial charge in [-0.3, -0.25) is 14.1 Å². The summed E-state index contributed by atoms with van der Waals surface area (Å²) < 4.78 is 53.9. The van der Waals surface area contributed by atoms with E-state index in [1.807, 2.05) is 12.2 Å². The molecule has 1 saturated heterocycles. The molecule has 344 valence electrons. The van der Waals surface area contributed by atoms with Gasteiger partial charge < -0.3 is 34.3 Å². The first kappa shape index (κ1) is 55.1. The number of esters is 2. The maximum absolute atomic E-state index is 12.8. The third-order valence-electron chi connectivity index (χ3n) is 9.76. The molecule has 1 heterocycles. The van der Waals surface area contributed by atoms with Gasteiger partial charge in [0.1, 0.15) is 36.8 Å². The first-order valence-electron chi connectivity index (χ1n) is 22.5. The largest absolute Gasteiger partial charge is 0.462 e. The lowest BCUT2D eigenvalue weighted by molar-refractivity contribution is -0.297. The lowest BCUT2D eigenvalue weighted by Gasteiger charge is -2.40. The fraction of sp³-hybridized carbons (Fsp3) is 0.702. The Hall–Kier alpha value is -2.91. The summed E-state index contributed by atoms with van der Waals surface area (Å²) in [6.07, 6.45) is 36.7. The maximum Gasteiger partial charge on any atom is 0.306 e. The molecule has 1 rings (SSSR count). The van der Waals surface area contributed by atoms with Crippen molar-refractivity contribution in [2.24, 2.45) is 0 Å². The van der Waals surface area contributed by atoms with Crippen molar-refractivity contribution in [1.29, 1.82) is 0 Å². The molecule has 0 aromatic heterocycles. The molecule has 0 spiro atoms. The molecule has 0 radical (unpaired) electrons. The Bertz CT molecular complexity index is 1390. The van der Waals surface area contributed by atoms with Crippen LogP contribution in [0.1, 0.15) is 155 Å². The van der Waals surface area contributed by atoms with Gasteiger partial charge in [0.05, 0.1) is 6.61 Å². The molecule has 0 saturated carbocycles. The van der Waals surface area contributed by atoms with Crippen LogP contribution in [-0.4, -0.2) is 96.0 Å². The number of aliphatic hydroxyl groups excluding tert-OH is 3. The van der Waals surface area contributed by atoms with Gasteiger partial charge in [-0.2, -0.15) is 8.42 Å². The number of rotatable bonds is 36. The second-order valence-electron chi connectivity index (χ2n) is 15.4. The van der Waals surface area contributed by atoms with E-state index >= 15 is 0 Å². The van der Waals surface area contributed by atoms with Crippen LogP contribution in [0.3, 0.4) is 0 Å². The third kappa shape index (κ3) is 31.0. The van der Waals surface area contributed by atoms with Gasteiger partial charge >= 0.3 is 11.9 Å². The molecule has 1 fully saturated rings. The molecule has 13 heteroatoms. The second-order valence-corrected chi connectivity index (χ2v) is 16.9. The molecule has 4 N–H and O–H groups in total. The highest BCUT2D eigenvalue weighted by Crippen LogP contribution is 2.24. The molecule has 60 heavy (non-hydrogen) atoms. The number of unbranched alkanes of at least 4 members (excludes halogenated alkanes) is 12. The highest BCUT2D eigenvalue weighted by Gasteiger charge is 2.46. The summed E-state index contributed by atoms with van der Waals surface area (Å²) in [6, 6.07) is 0. The molecule has 0 bridgehead atoms. The summed E-state index contributed by atoms with van der Waals surface area (Å²) in [5.41, 5.74) is 0. The minimum atomic E-state index is -4.62. The number of ether oxygens (including phenoxy) is 4. The van der Waals surface area contributed by atoms with Crippen LogP contribution >= 0.6 is 0 Å². The van der Waals surface area contributed by atoms with Crippen molar-refractivity contribution in [2.75, 3.05) is 19.0 Å². The average Bonchev–Trinajstić information content (AvgIpc) is 3.21. The molecule has 2 unspecified atom stereocenters. The van der Waals surface area contributed by atoms with E-state index < -0.39 is 71.2 Å². The van der Waals surface area contributed by atoms with Crippen molar-refractivity contribution in [3.8, 4) is 0 Å². The van der Waals surface area contributed by atoms with Crippen LogP contribution in [-0.2, 0) is 38.7 Å². The van der Waals surface area contributed by atoms with Gasteiger partial charge in [0.25, 0.3) is 10.1 Å². The summed E-state index contributed by atoms with van der Waals surface area (Å²) in [7, 11) is -4.62. The zero-order valence-corrected chi connectivity index (χ0v) is 37.3. The maximum atomic E-state index is 12.8. The van der Waals surface area contributed by atoms with Crippen LogP contribution < -0.4 is 0 Å². The Morgan fingerprint density at radius 2 is 1.02 bits per heavy atom. The number of carbonyl (C=O) groups excluding carboxylic acids is 2. The topological polar surface area (TPSA) is 186 Å². The minimum Gasteiger partial charge on any atom is -0.462 e. The van der Waals surface area contributed by atoms with Crippen molar-refractivity contribution < 1.29 is 56.8 Å². The quantitative estimate of drug-likeness (QED) is 0.0203. The Kier molecular flexibility index (Phi) is 33.7. The minimum absolute atomic E-state index is 0.0808. The Morgan fingerprint density at radius 1 is 0.567 bits per heavy atom. The van der Waals surface area contributed by atoms with E-state index in [1.165, 1.54) is 57.8 Å². The lowest BCUT2D eigenvalue weighted by Crippen LogP contribution is -2.60. The lowest BCUT2D eigenvalue weighted by atomic mass is 10.00. The molecule has 0 aliphatic carbocycles. The monoisotopic (exact) mass is 867 g/mol. The second kappa shape index (κ2) is 36.7. The van der Waals surface area contributed by atoms with Crippen molar-refractivity contribution in [3.05, 3.63) is 72.9 Å². The molecular weight excluding hydrogens is 789 g/mol. The molecule has 12 nitrogen and oxygen atoms in total. The van der Waals surface area contributed by atoms with E-state index in [0.717, 1.165) is 51.4 Å². The Morgan fingerprint density at radius 3 is 1.57 bits per heavy atom. The summed E-state index contributed by atoms with van der Waals surface area (Å²) in [6.45, 7) is 3.63. The standard InChI is InChI=1S/C47H78O12S/c1-3-5-7-9-11-13-15-17-19-20-22-24-26-28-30-32-34-36-43(49)58-40(38-57-47-46(52)45(51)44(50)41(59-47)39-60(53,54)55)37-56-42(48)35-33-31-29-27-25-23-21-18-16-14-12-10-8-6-4-2/h12,14,17-19,21-22,24-25,27-28,30,40-41,44-47,50-52H,3-11,13,15-16,20,23,26,29,31-39H2,1-2H3,(H,53,54,55)/b14-12+,19-17+,21-18+,24-22+,27-25+,30-28+/t40-,41-,44-,45?,46?,47+/m1/s1. The van der Waals surface area contributed by atoms with Crippen LogP contribution in [0.25, 0.3) is 0 Å². The van der Waals surface area contributed by atoms with E-state index in [2.05, 4.69) is 74.6 Å². The molecule has 0 aromatic carbocycles. The molecule has 1 aliphatic heterocycles. The van der Waals surface area contributed by atoms with Crippen molar-refractivity contribution >= 4 is 22.1 Å². The fourth-order valence-electron chi connectivity index (χ4n) is 6.23. The number of hydrogen-bond acceptors (Lipinski definition) is 11. The predicted molar refractivity (Wildman–Crippen MR) is 238 cm³/mol. The molecular formula is C47H78O12S. The van der Waals surface area contributed by atoms with Crippen LogP contribution in [0.4, 0.5) is 0 Å². The number of hydrogen-bond donors (Lipinski definition) is 4. The molecule has 0 amide bonds. The first-order chi connectivity index (χ1) is 29.0. The van der Waals surface area contributed by atoms with Gasteiger partial charge in [0.15, 0.2) is 12.4 Å². The van der Waals surface area contributed by atoms with E-state index in [1.54, 1.807) is 0 Å². The van der Waals surface area contributed by atoms with Crippen LogP contribution in [0.15, 0.2) is 72.9 Å². The average molecular weight is 867 g/mol. The first-order valence-corrected chi connectivity index (χ1v) is 24.1. The summed E-state index contributed by atoms with van der Waals surface area (Å²) in [5.74, 6) is -2.11. The van der Waals surface area contributed by atoms with Gasteiger partial charge in [0, 0.05) is 12.8 Å². The summed E-state index contributed by atoms with van der Waals surface area (Å²) in [5, 5.41) is 30.9. The van der Waals surface area contributed by atoms with Gasteiger partial charge in [-0.05, 0) is 83.5 Å². The van der Waals surface area contributed by atoms with E-state index in [4.69, 9.17) is 18.9 Å². The zero-order chi connectivity index (χ0) is 44.1. The van der Waals surface area contributed by atoms with E-state index in [0.29, 0.717) is 19.3 Å². The van der Waals surface area contributed by atoms with E-state index in [9.17, 15) is 37.9 Å². The highest BCUT2D eigenvalue weighted by atomic mass is 32.2. The van der Waals surface area contributed by atoms with Gasteiger partial charge in [-0.1, -0.05) is 132 Å². The highest BCUT2D eigenvalue weighted by molar-refractivity contribution is 7.85. The van der Waals surface area contributed by atoms with Crippen molar-refractivity contribution in [1.82, 2.24) is 0 Å². The van der Waals surface area contributed by atoms with Crippen molar-refractivity contribution in [2.45, 2.75) is 192 Å². The number of aliphatic hydroxyl groups is 3. The zero-order valence-electron chi connectivity index (χ0n) is 36.5. The smallest absolute Gasteiger partial charge is 0.306 e. The Balaban J connectivity index is 2.53. The molecule has 1 aliphatic rings. The Labute approximate surface area is 361 Å². The van der Waals surface area contributed by atoms with Gasteiger partial charge in [-0.15, -0.1) is 0 Å². The molecule has 0 aromatic rings. The van der Waals surface area contributed by atoms with Gasteiger partial charge in [-0.25, -0.2) is 0 Å². The number of carbonyl (C=O) groups is 2. The van der Waals surface area contributed by atoms with Crippen molar-refractivity contribution in [3.63, 3.8) is 0 Å². The van der Waals surface area contributed by atoms with Crippen LogP contribution in [0.5, 0.6) is 0 Å². The summed E-state index contributed by atoms with van der Waals surface area (Å²) >= 11 is 0. The van der Waals surface area contributed by atoms with Crippen LogP contribution in [0.2, 0.25) is 0 Å². The predicted octanol–water partition coefficient (Wildman–Crippen LogP) is 9.11.